The predicted molar refractivity (Wildman–Crippen MR) is 79.8 cm³/mol. The topological polar surface area (TPSA) is 42.3 Å². The molecule has 19 heavy (non-hydrogen) atoms. The van der Waals surface area contributed by atoms with Crippen molar-refractivity contribution in [2.75, 3.05) is 46.2 Å². The molecule has 1 rings (SSSR count). The molecule has 0 aliphatic heterocycles. The van der Waals surface area contributed by atoms with E-state index >= 15 is 0 Å². The van der Waals surface area contributed by atoms with Gasteiger partial charge < -0.3 is 19.5 Å². The first-order chi connectivity index (χ1) is 9.04. The predicted octanol–water partition coefficient (Wildman–Crippen LogP) is 2.15. The number of hydrogen-bond donors (Lipinski definition) is 1. The molecule has 5 heteroatoms. The van der Waals surface area contributed by atoms with Gasteiger partial charge in [-0.25, -0.2) is 4.98 Å². The summed E-state index contributed by atoms with van der Waals surface area (Å²) in [4.78, 5) is 6.75. The third-order valence-corrected chi connectivity index (χ3v) is 3.05. The van der Waals surface area contributed by atoms with E-state index in [2.05, 4.69) is 47.0 Å². The van der Waals surface area contributed by atoms with Gasteiger partial charge in [-0.15, -0.1) is 0 Å². The van der Waals surface area contributed by atoms with Gasteiger partial charge in [0.15, 0.2) is 0 Å². The maximum atomic E-state index is 5.21. The van der Waals surface area contributed by atoms with Crippen LogP contribution in [-0.4, -0.2) is 55.4 Å². The maximum Gasteiger partial charge on any atom is 0.203 e. The van der Waals surface area contributed by atoms with Gasteiger partial charge in [-0.1, -0.05) is 0 Å². The molecule has 0 bridgehead atoms. The van der Waals surface area contributed by atoms with E-state index in [-0.39, 0.29) is 0 Å². The Morgan fingerprint density at radius 2 is 2.16 bits per heavy atom. The zero-order chi connectivity index (χ0) is 14.3. The van der Waals surface area contributed by atoms with Gasteiger partial charge in [0.1, 0.15) is 0 Å². The highest BCUT2D eigenvalue weighted by molar-refractivity contribution is 5.29. The smallest absolute Gasteiger partial charge is 0.203 e. The highest BCUT2D eigenvalue weighted by Gasteiger charge is 2.11. The number of imidazole rings is 1. The molecular formula is C14H28N4O. The van der Waals surface area contributed by atoms with E-state index in [9.17, 15) is 0 Å². The van der Waals surface area contributed by atoms with Crippen LogP contribution in [0.5, 0.6) is 0 Å². The molecule has 0 saturated heterocycles. The van der Waals surface area contributed by atoms with Gasteiger partial charge in [-0.3, -0.25) is 0 Å². The molecule has 1 atom stereocenters. The minimum atomic E-state index is 0.301. The Hall–Kier alpha value is -1.07. The van der Waals surface area contributed by atoms with Gasteiger partial charge in [0, 0.05) is 19.9 Å². The molecule has 1 N–H and O–H groups in total. The number of anilines is 1. The molecule has 110 valence electrons. The summed E-state index contributed by atoms with van der Waals surface area (Å²) in [5, 5.41) is 3.42. The highest BCUT2D eigenvalue weighted by atomic mass is 16.5. The van der Waals surface area contributed by atoms with Crippen molar-refractivity contribution in [3.63, 3.8) is 0 Å². The van der Waals surface area contributed by atoms with E-state index < -0.39 is 0 Å². The first kappa shape index (κ1) is 16.0. The Morgan fingerprint density at radius 1 is 1.42 bits per heavy atom. The van der Waals surface area contributed by atoms with Crippen molar-refractivity contribution < 1.29 is 4.74 Å². The highest BCUT2D eigenvalue weighted by Crippen LogP contribution is 2.16. The number of aryl methyl sites for hydroxylation is 1. The third-order valence-electron chi connectivity index (χ3n) is 3.05. The SMILES string of the molecule is COCC(C)n1cc(C)nc1NCCCCN(C)C. The number of ether oxygens (including phenoxy) is 1. The van der Waals surface area contributed by atoms with Gasteiger partial charge in [0.2, 0.25) is 5.95 Å². The maximum absolute atomic E-state index is 5.21. The van der Waals surface area contributed by atoms with E-state index in [4.69, 9.17) is 4.74 Å². The second-order valence-electron chi connectivity index (χ2n) is 5.35. The van der Waals surface area contributed by atoms with Gasteiger partial charge >= 0.3 is 0 Å². The van der Waals surface area contributed by atoms with E-state index in [0.717, 1.165) is 31.2 Å². The number of nitrogens with zero attached hydrogens (tertiary/aromatic N) is 3. The monoisotopic (exact) mass is 268 g/mol. The lowest BCUT2D eigenvalue weighted by molar-refractivity contribution is 0.163. The Kier molecular flexibility index (Phi) is 6.87. The van der Waals surface area contributed by atoms with Crippen LogP contribution >= 0.6 is 0 Å². The van der Waals surface area contributed by atoms with Crippen molar-refractivity contribution in [3.8, 4) is 0 Å². The van der Waals surface area contributed by atoms with Crippen LogP contribution in [-0.2, 0) is 4.74 Å². The summed E-state index contributed by atoms with van der Waals surface area (Å²) in [6.07, 6.45) is 4.43. The van der Waals surface area contributed by atoms with E-state index in [0.29, 0.717) is 12.6 Å². The summed E-state index contributed by atoms with van der Waals surface area (Å²) in [5.41, 5.74) is 1.04. The molecule has 0 amide bonds. The molecular weight excluding hydrogens is 240 g/mol. The zero-order valence-electron chi connectivity index (χ0n) is 12.9. The third kappa shape index (κ3) is 5.61. The molecule has 0 spiro atoms. The Balaban J connectivity index is 2.44. The largest absolute Gasteiger partial charge is 0.383 e. The quantitative estimate of drug-likeness (QED) is 0.697. The minimum Gasteiger partial charge on any atom is -0.383 e. The lowest BCUT2D eigenvalue weighted by atomic mass is 10.3. The van der Waals surface area contributed by atoms with Gasteiger partial charge in [-0.2, -0.15) is 0 Å². The van der Waals surface area contributed by atoms with Crippen molar-refractivity contribution in [1.29, 1.82) is 0 Å². The summed E-state index contributed by atoms with van der Waals surface area (Å²) in [7, 11) is 5.94. The van der Waals surface area contributed by atoms with Gasteiger partial charge in [0.25, 0.3) is 0 Å². The Labute approximate surface area is 117 Å². The van der Waals surface area contributed by atoms with Crippen molar-refractivity contribution in [3.05, 3.63) is 11.9 Å². The fraction of sp³-hybridized carbons (Fsp3) is 0.786. The number of rotatable bonds is 9. The van der Waals surface area contributed by atoms with Crippen LogP contribution in [0.3, 0.4) is 0 Å². The normalized spacial score (nSPS) is 12.9. The average Bonchev–Trinajstić information content (AvgIpc) is 2.70. The first-order valence-corrected chi connectivity index (χ1v) is 6.97. The van der Waals surface area contributed by atoms with Crippen LogP contribution in [0.15, 0.2) is 6.20 Å². The molecule has 0 aliphatic carbocycles. The molecule has 0 saturated carbocycles. The van der Waals surface area contributed by atoms with Crippen LogP contribution < -0.4 is 5.32 Å². The lowest BCUT2D eigenvalue weighted by Gasteiger charge is -2.16. The molecule has 1 heterocycles. The van der Waals surface area contributed by atoms with Gasteiger partial charge in [0.05, 0.1) is 18.3 Å². The average molecular weight is 268 g/mol. The van der Waals surface area contributed by atoms with Crippen LogP contribution in [0, 0.1) is 6.92 Å². The molecule has 0 radical (unpaired) electrons. The van der Waals surface area contributed by atoms with Crippen molar-refractivity contribution in [1.82, 2.24) is 14.5 Å². The summed E-state index contributed by atoms with van der Waals surface area (Å²) >= 11 is 0. The fourth-order valence-corrected chi connectivity index (χ4v) is 2.06. The Morgan fingerprint density at radius 3 is 2.79 bits per heavy atom. The lowest BCUT2D eigenvalue weighted by Crippen LogP contribution is -2.16. The van der Waals surface area contributed by atoms with E-state index in [1.54, 1.807) is 7.11 Å². The number of hydrogen-bond acceptors (Lipinski definition) is 4. The Bertz CT molecular complexity index is 362. The number of unbranched alkanes of at least 4 members (excludes halogenated alkanes) is 1. The van der Waals surface area contributed by atoms with Gasteiger partial charge in [-0.05, 0) is 47.3 Å². The number of nitrogens with one attached hydrogen (secondary N) is 1. The molecule has 1 unspecified atom stereocenters. The van der Waals surface area contributed by atoms with Crippen LogP contribution in [0.4, 0.5) is 5.95 Å². The summed E-state index contributed by atoms with van der Waals surface area (Å²) < 4.78 is 7.37. The second kappa shape index (κ2) is 8.17. The van der Waals surface area contributed by atoms with Crippen molar-refractivity contribution >= 4 is 5.95 Å². The van der Waals surface area contributed by atoms with Crippen molar-refractivity contribution in [2.24, 2.45) is 0 Å². The second-order valence-corrected chi connectivity index (χ2v) is 5.35. The number of methoxy groups -OCH3 is 1. The van der Waals surface area contributed by atoms with E-state index in [1.165, 1.54) is 6.42 Å². The fourth-order valence-electron chi connectivity index (χ4n) is 2.06. The zero-order valence-corrected chi connectivity index (χ0v) is 12.9. The van der Waals surface area contributed by atoms with Crippen LogP contribution in [0.1, 0.15) is 31.5 Å². The standard InChI is InChI=1S/C14H28N4O/c1-12-10-18(13(2)11-19-5)14(16-12)15-8-6-7-9-17(3)4/h10,13H,6-9,11H2,1-5H3,(H,15,16). The summed E-state index contributed by atoms with van der Waals surface area (Å²) in [6, 6.07) is 0.301. The molecule has 1 aromatic rings. The van der Waals surface area contributed by atoms with Crippen LogP contribution in [0.25, 0.3) is 0 Å². The summed E-state index contributed by atoms with van der Waals surface area (Å²) in [5.74, 6) is 0.951. The van der Waals surface area contributed by atoms with E-state index in [1.807, 2.05) is 6.92 Å². The minimum absolute atomic E-state index is 0.301. The molecule has 1 aromatic heterocycles. The van der Waals surface area contributed by atoms with Crippen LogP contribution in [0.2, 0.25) is 0 Å². The summed E-state index contributed by atoms with van der Waals surface area (Å²) in [6.45, 7) is 6.96. The molecule has 0 aromatic carbocycles. The van der Waals surface area contributed by atoms with Crippen molar-refractivity contribution in [2.45, 2.75) is 32.7 Å². The molecule has 0 fully saturated rings. The molecule has 0 aliphatic rings. The molecule has 5 nitrogen and oxygen atoms in total. The number of aromatic nitrogens is 2. The first-order valence-electron chi connectivity index (χ1n) is 6.97.